The third kappa shape index (κ3) is 3.79. The average Bonchev–Trinajstić information content (AvgIpc) is 3.35. The molecule has 1 fully saturated rings. The van der Waals surface area contributed by atoms with Gasteiger partial charge >= 0.3 is 6.01 Å². The number of nitrogens with one attached hydrogen (secondary N) is 1. The number of benzene rings is 1. The molecule has 0 radical (unpaired) electrons. The number of carbonyl (C=O) groups excluding carboxylic acids is 1. The van der Waals surface area contributed by atoms with Gasteiger partial charge in [-0.15, -0.1) is 0 Å². The minimum Gasteiger partial charge on any atom is -0.345 e. The topological polar surface area (TPSA) is 91.2 Å². The van der Waals surface area contributed by atoms with Gasteiger partial charge in [-0.05, 0) is 43.4 Å². The summed E-state index contributed by atoms with van der Waals surface area (Å²) in [7, 11) is 3.77. The number of carbonyl (C=O) groups is 1. The van der Waals surface area contributed by atoms with E-state index in [1.54, 1.807) is 11.2 Å². The van der Waals surface area contributed by atoms with E-state index in [9.17, 15) is 4.79 Å². The molecule has 0 aliphatic carbocycles. The van der Waals surface area contributed by atoms with Crippen LogP contribution in [0, 0.1) is 5.92 Å². The molecule has 0 atom stereocenters. The molecule has 4 rings (SSSR count). The van der Waals surface area contributed by atoms with Crippen molar-refractivity contribution in [1.29, 1.82) is 0 Å². The molecule has 1 saturated heterocycles. The molecule has 3 heterocycles. The molecule has 0 unspecified atom stereocenters. The number of likely N-dealkylation sites (tertiary alicyclic amines) is 1. The van der Waals surface area contributed by atoms with Crippen LogP contribution in [0.4, 0.5) is 6.01 Å². The van der Waals surface area contributed by atoms with Crippen molar-refractivity contribution in [3.8, 4) is 0 Å². The molecule has 0 spiro atoms. The molecule has 0 saturated carbocycles. The van der Waals surface area contributed by atoms with Crippen LogP contribution in [0.25, 0.3) is 11.0 Å². The van der Waals surface area contributed by atoms with Crippen molar-refractivity contribution in [3.05, 3.63) is 35.9 Å². The lowest BCUT2D eigenvalue weighted by atomic mass is 9.91. The van der Waals surface area contributed by atoms with Crippen LogP contribution in [0.3, 0.4) is 0 Å². The number of aromatic nitrogens is 4. The Bertz CT molecular complexity index is 923. The smallest absolute Gasteiger partial charge is 0.323 e. The molecular formula is C19H24N6O2. The van der Waals surface area contributed by atoms with E-state index in [0.29, 0.717) is 17.5 Å². The van der Waals surface area contributed by atoms with Crippen LogP contribution in [0.15, 0.2) is 29.0 Å². The van der Waals surface area contributed by atoms with E-state index in [1.165, 1.54) is 0 Å². The summed E-state index contributed by atoms with van der Waals surface area (Å²) in [6.07, 6.45) is 5.50. The van der Waals surface area contributed by atoms with Crippen molar-refractivity contribution in [2.24, 2.45) is 5.92 Å². The zero-order chi connectivity index (χ0) is 18.8. The number of fused-ring (bicyclic) bond motifs is 1. The van der Waals surface area contributed by atoms with E-state index < -0.39 is 0 Å². The molecule has 2 aromatic heterocycles. The molecule has 1 N–H and O–H groups in total. The molecule has 27 heavy (non-hydrogen) atoms. The van der Waals surface area contributed by atoms with Crippen molar-refractivity contribution in [1.82, 2.24) is 25.0 Å². The van der Waals surface area contributed by atoms with Gasteiger partial charge in [0.25, 0.3) is 5.91 Å². The molecule has 1 aliphatic rings. The summed E-state index contributed by atoms with van der Waals surface area (Å²) in [5, 5.41) is 4.02. The number of aryl methyl sites for hydroxylation is 1. The summed E-state index contributed by atoms with van der Waals surface area (Å²) in [6, 6.07) is 6.17. The Kier molecular flexibility index (Phi) is 4.79. The molecule has 142 valence electrons. The van der Waals surface area contributed by atoms with Gasteiger partial charge < -0.3 is 19.3 Å². The predicted molar refractivity (Wildman–Crippen MR) is 102 cm³/mol. The second-order valence-corrected chi connectivity index (χ2v) is 7.30. The Hall–Kier alpha value is -2.90. The summed E-state index contributed by atoms with van der Waals surface area (Å²) >= 11 is 0. The largest absolute Gasteiger partial charge is 0.345 e. The number of anilines is 1. The monoisotopic (exact) mass is 368 g/mol. The Morgan fingerprint density at radius 3 is 2.89 bits per heavy atom. The highest BCUT2D eigenvalue weighted by atomic mass is 16.5. The normalized spacial score (nSPS) is 15.4. The molecule has 1 amide bonds. The van der Waals surface area contributed by atoms with Gasteiger partial charge in [0.2, 0.25) is 0 Å². The molecule has 8 heteroatoms. The van der Waals surface area contributed by atoms with Crippen molar-refractivity contribution in [2.45, 2.75) is 25.7 Å². The Labute approximate surface area is 157 Å². The standard InChI is InChI=1S/C19H24N6O2/c1-24(2)19-22-17(23-27-19)6-3-13-7-9-25(10-8-13)18(26)14-4-5-15-16(11-14)21-12-20-15/h4-5,11-13H,3,6-10H2,1-2H3,(H,20,21). The number of nitrogens with zero attached hydrogens (tertiary/aromatic N) is 5. The SMILES string of the molecule is CN(C)c1nc(CCC2CCN(C(=O)c3ccc4nc[nH]c4c3)CC2)no1. The van der Waals surface area contributed by atoms with Crippen LogP contribution >= 0.6 is 0 Å². The number of amides is 1. The Balaban J connectivity index is 1.29. The maximum absolute atomic E-state index is 12.8. The zero-order valence-electron chi connectivity index (χ0n) is 15.7. The number of H-pyrrole nitrogens is 1. The molecule has 1 aromatic carbocycles. The molecule has 8 nitrogen and oxygen atoms in total. The van der Waals surface area contributed by atoms with Crippen LogP contribution in [0.5, 0.6) is 0 Å². The quantitative estimate of drug-likeness (QED) is 0.744. The van der Waals surface area contributed by atoms with Crippen LogP contribution in [-0.4, -0.2) is 58.1 Å². The highest BCUT2D eigenvalue weighted by molar-refractivity contribution is 5.97. The van der Waals surface area contributed by atoms with Gasteiger partial charge in [0.15, 0.2) is 5.82 Å². The predicted octanol–water partition coefficient (Wildman–Crippen LogP) is 2.50. The third-order valence-corrected chi connectivity index (χ3v) is 5.19. The van der Waals surface area contributed by atoms with Crippen molar-refractivity contribution >= 4 is 23.0 Å². The molecule has 1 aliphatic heterocycles. The lowest BCUT2D eigenvalue weighted by Gasteiger charge is -2.32. The van der Waals surface area contributed by atoms with Crippen LogP contribution < -0.4 is 4.90 Å². The number of aromatic amines is 1. The van der Waals surface area contributed by atoms with Gasteiger partial charge in [-0.1, -0.05) is 5.16 Å². The number of imidazole rings is 1. The summed E-state index contributed by atoms with van der Waals surface area (Å²) in [4.78, 5) is 28.2. The second kappa shape index (κ2) is 7.38. The van der Waals surface area contributed by atoms with E-state index in [4.69, 9.17) is 4.52 Å². The van der Waals surface area contributed by atoms with Crippen LogP contribution in [-0.2, 0) is 6.42 Å². The lowest BCUT2D eigenvalue weighted by Crippen LogP contribution is -2.38. The minimum absolute atomic E-state index is 0.0961. The van der Waals surface area contributed by atoms with Crippen LogP contribution in [0.2, 0.25) is 0 Å². The van der Waals surface area contributed by atoms with Gasteiger partial charge in [0.1, 0.15) is 0 Å². The number of hydrogen-bond donors (Lipinski definition) is 1. The van der Waals surface area contributed by atoms with Crippen molar-refractivity contribution in [2.75, 3.05) is 32.1 Å². The summed E-state index contributed by atoms with van der Waals surface area (Å²) in [5.74, 6) is 1.44. The maximum atomic E-state index is 12.8. The average molecular weight is 368 g/mol. The number of hydrogen-bond acceptors (Lipinski definition) is 6. The van der Waals surface area contributed by atoms with Gasteiger partial charge in [-0.25, -0.2) is 4.98 Å². The van der Waals surface area contributed by atoms with Crippen molar-refractivity contribution < 1.29 is 9.32 Å². The fourth-order valence-corrected chi connectivity index (χ4v) is 3.54. The Morgan fingerprint density at radius 1 is 1.33 bits per heavy atom. The second-order valence-electron chi connectivity index (χ2n) is 7.30. The highest BCUT2D eigenvalue weighted by Gasteiger charge is 2.24. The third-order valence-electron chi connectivity index (χ3n) is 5.19. The van der Waals surface area contributed by atoms with E-state index in [0.717, 1.165) is 55.6 Å². The first kappa shape index (κ1) is 17.5. The van der Waals surface area contributed by atoms with Gasteiger partial charge in [0.05, 0.1) is 17.4 Å². The fraction of sp³-hybridized carbons (Fsp3) is 0.474. The number of rotatable bonds is 5. The van der Waals surface area contributed by atoms with E-state index in [2.05, 4.69) is 20.1 Å². The van der Waals surface area contributed by atoms with Gasteiger partial charge in [-0.2, -0.15) is 4.98 Å². The summed E-state index contributed by atoms with van der Waals surface area (Å²) in [5.41, 5.74) is 2.49. The molecule has 3 aromatic rings. The van der Waals surface area contributed by atoms with Gasteiger partial charge in [-0.3, -0.25) is 4.79 Å². The number of piperidine rings is 1. The molecular weight excluding hydrogens is 344 g/mol. The first-order chi connectivity index (χ1) is 13.1. The van der Waals surface area contributed by atoms with E-state index in [-0.39, 0.29) is 5.91 Å². The van der Waals surface area contributed by atoms with E-state index in [1.807, 2.05) is 37.2 Å². The highest BCUT2D eigenvalue weighted by Crippen LogP contribution is 2.24. The van der Waals surface area contributed by atoms with Crippen LogP contribution in [0.1, 0.15) is 35.4 Å². The summed E-state index contributed by atoms with van der Waals surface area (Å²) < 4.78 is 5.19. The van der Waals surface area contributed by atoms with Crippen molar-refractivity contribution in [3.63, 3.8) is 0 Å². The fourth-order valence-electron chi connectivity index (χ4n) is 3.54. The van der Waals surface area contributed by atoms with E-state index >= 15 is 0 Å². The summed E-state index contributed by atoms with van der Waals surface area (Å²) in [6.45, 7) is 1.58. The van der Waals surface area contributed by atoms with Gasteiger partial charge in [0, 0.05) is 39.2 Å². The lowest BCUT2D eigenvalue weighted by molar-refractivity contribution is 0.0687. The first-order valence-corrected chi connectivity index (χ1v) is 9.32. The first-order valence-electron chi connectivity index (χ1n) is 9.32. The molecule has 0 bridgehead atoms. The maximum Gasteiger partial charge on any atom is 0.323 e. The Morgan fingerprint density at radius 2 is 2.15 bits per heavy atom. The zero-order valence-corrected chi connectivity index (χ0v) is 15.7. The minimum atomic E-state index is 0.0961.